The van der Waals surface area contributed by atoms with Crippen LogP contribution in [-0.2, 0) is 14.3 Å². The highest BCUT2D eigenvalue weighted by Gasteiger charge is 2.39. The summed E-state index contributed by atoms with van der Waals surface area (Å²) in [7, 11) is 0. The lowest BCUT2D eigenvalue weighted by atomic mass is 10.2. The Morgan fingerprint density at radius 1 is 1.55 bits per heavy atom. The highest BCUT2D eigenvalue weighted by atomic mass is 16.7. The van der Waals surface area contributed by atoms with Crippen LogP contribution in [0.25, 0.3) is 0 Å². The number of aliphatic hydroxyl groups excluding tert-OH is 1. The van der Waals surface area contributed by atoms with Crippen molar-refractivity contribution in [1.29, 1.82) is 0 Å². The van der Waals surface area contributed by atoms with Crippen LogP contribution in [0.2, 0.25) is 0 Å². The zero-order valence-corrected chi connectivity index (χ0v) is 6.11. The van der Waals surface area contributed by atoms with E-state index in [1.807, 2.05) is 0 Å². The average molecular weight is 162 g/mol. The molecule has 1 heterocycles. The van der Waals surface area contributed by atoms with Crippen LogP contribution in [0.3, 0.4) is 0 Å². The normalized spacial score (nSPS) is 38.5. The Morgan fingerprint density at radius 2 is 2.00 bits per heavy atom. The minimum absolute atomic E-state index is 0.00278. The third-order valence-corrected chi connectivity index (χ3v) is 1.49. The summed E-state index contributed by atoms with van der Waals surface area (Å²) in [4.78, 5) is 10.5. The van der Waals surface area contributed by atoms with Gasteiger partial charge in [0, 0.05) is 6.92 Å². The number of carboxylic acid groups (broad SMARTS) is 1. The maximum Gasteiger partial charge on any atom is 0.364 e. The lowest BCUT2D eigenvalue weighted by Crippen LogP contribution is -2.49. The smallest absolute Gasteiger partial charge is 0.364 e. The van der Waals surface area contributed by atoms with E-state index >= 15 is 0 Å². The van der Waals surface area contributed by atoms with Crippen LogP contribution in [-0.4, -0.2) is 41.3 Å². The van der Waals surface area contributed by atoms with Gasteiger partial charge in [-0.05, 0) is 0 Å². The number of ether oxygens (including phenoxy) is 2. The van der Waals surface area contributed by atoms with Crippen LogP contribution < -0.4 is 0 Å². The van der Waals surface area contributed by atoms with Gasteiger partial charge in [-0.1, -0.05) is 0 Å². The van der Waals surface area contributed by atoms with Crippen molar-refractivity contribution in [2.45, 2.75) is 18.8 Å². The van der Waals surface area contributed by atoms with Gasteiger partial charge < -0.3 is 19.7 Å². The summed E-state index contributed by atoms with van der Waals surface area (Å²) in [5.74, 6) is -2.76. The molecule has 0 aromatic rings. The largest absolute Gasteiger partial charge is 0.477 e. The Hall–Kier alpha value is -0.650. The van der Waals surface area contributed by atoms with Gasteiger partial charge in [0.05, 0.1) is 13.2 Å². The summed E-state index contributed by atoms with van der Waals surface area (Å²) >= 11 is 0. The molecule has 5 heteroatoms. The molecule has 0 spiro atoms. The maximum atomic E-state index is 10.5. The van der Waals surface area contributed by atoms with Gasteiger partial charge in [-0.25, -0.2) is 4.79 Å². The van der Waals surface area contributed by atoms with Crippen molar-refractivity contribution in [3.05, 3.63) is 0 Å². The van der Waals surface area contributed by atoms with Crippen LogP contribution in [0.4, 0.5) is 0 Å². The Morgan fingerprint density at radius 3 is 2.36 bits per heavy atom. The second-order valence-corrected chi connectivity index (χ2v) is 2.53. The van der Waals surface area contributed by atoms with Crippen molar-refractivity contribution in [1.82, 2.24) is 0 Å². The topological polar surface area (TPSA) is 76.0 Å². The summed E-state index contributed by atoms with van der Waals surface area (Å²) in [6.45, 7) is 1.31. The lowest BCUT2D eigenvalue weighted by molar-refractivity contribution is -0.278. The zero-order chi connectivity index (χ0) is 8.48. The molecule has 64 valence electrons. The Labute approximate surface area is 63.5 Å². The predicted molar refractivity (Wildman–Crippen MR) is 34.0 cm³/mol. The Bertz CT molecular complexity index is 158. The van der Waals surface area contributed by atoms with E-state index in [0.29, 0.717) is 0 Å². The highest BCUT2D eigenvalue weighted by Crippen LogP contribution is 2.18. The summed E-state index contributed by atoms with van der Waals surface area (Å²) in [5.41, 5.74) is 0. The Balaban J connectivity index is 2.55. The number of hydrogen-bond donors (Lipinski definition) is 2. The van der Waals surface area contributed by atoms with Gasteiger partial charge in [0.2, 0.25) is 0 Å². The molecule has 0 unspecified atom stereocenters. The molecular formula is C6H10O5. The first-order chi connectivity index (χ1) is 5.04. The zero-order valence-electron chi connectivity index (χ0n) is 6.11. The second-order valence-electron chi connectivity index (χ2n) is 2.53. The van der Waals surface area contributed by atoms with Gasteiger partial charge in [0.15, 0.2) is 0 Å². The van der Waals surface area contributed by atoms with Crippen molar-refractivity contribution in [3.63, 3.8) is 0 Å². The first-order valence-corrected chi connectivity index (χ1v) is 3.24. The number of hydrogen-bond acceptors (Lipinski definition) is 4. The van der Waals surface area contributed by atoms with Crippen molar-refractivity contribution >= 4 is 5.97 Å². The molecule has 0 aromatic carbocycles. The van der Waals surface area contributed by atoms with Crippen molar-refractivity contribution in [2.75, 3.05) is 13.2 Å². The van der Waals surface area contributed by atoms with Gasteiger partial charge in [-0.2, -0.15) is 0 Å². The number of aliphatic carboxylic acids is 1. The van der Waals surface area contributed by atoms with Gasteiger partial charge in [0.25, 0.3) is 5.79 Å². The third kappa shape index (κ3) is 1.68. The molecule has 0 amide bonds. The van der Waals surface area contributed by atoms with E-state index in [0.717, 1.165) is 0 Å². The van der Waals surface area contributed by atoms with Crippen LogP contribution >= 0.6 is 0 Å². The first-order valence-electron chi connectivity index (χ1n) is 3.24. The van der Waals surface area contributed by atoms with Crippen molar-refractivity contribution in [2.24, 2.45) is 0 Å². The van der Waals surface area contributed by atoms with Crippen LogP contribution in [0.5, 0.6) is 0 Å². The fourth-order valence-electron chi connectivity index (χ4n) is 0.724. The lowest BCUT2D eigenvalue weighted by Gasteiger charge is -2.31. The quantitative estimate of drug-likeness (QED) is 0.527. The summed E-state index contributed by atoms with van der Waals surface area (Å²) in [5, 5.41) is 17.4. The molecule has 1 fully saturated rings. The molecule has 11 heavy (non-hydrogen) atoms. The number of carboxylic acids is 1. The molecule has 0 aliphatic carbocycles. The van der Waals surface area contributed by atoms with Crippen LogP contribution in [0, 0.1) is 0 Å². The fraction of sp³-hybridized carbons (Fsp3) is 0.833. The van der Waals surface area contributed by atoms with E-state index in [4.69, 9.17) is 19.7 Å². The van der Waals surface area contributed by atoms with Crippen molar-refractivity contribution < 1.29 is 24.5 Å². The summed E-state index contributed by atoms with van der Waals surface area (Å²) in [6.07, 6.45) is -0.720. The molecule has 0 radical (unpaired) electrons. The molecule has 1 aliphatic rings. The highest BCUT2D eigenvalue weighted by molar-refractivity contribution is 5.75. The molecule has 2 N–H and O–H groups in total. The Kier molecular flexibility index (Phi) is 2.12. The van der Waals surface area contributed by atoms with E-state index in [1.54, 1.807) is 0 Å². The van der Waals surface area contributed by atoms with Gasteiger partial charge in [-0.3, -0.25) is 0 Å². The minimum Gasteiger partial charge on any atom is -0.477 e. The van der Waals surface area contributed by atoms with Crippen molar-refractivity contribution in [3.8, 4) is 0 Å². The molecule has 0 atom stereocenters. The van der Waals surface area contributed by atoms with Crippen LogP contribution in [0.1, 0.15) is 6.92 Å². The van der Waals surface area contributed by atoms with Crippen LogP contribution in [0.15, 0.2) is 0 Å². The number of aliphatic hydroxyl groups is 1. The SMILES string of the molecule is CC1(C(=O)O)OCC(O)CO1. The monoisotopic (exact) mass is 162 g/mol. The first kappa shape index (κ1) is 8.45. The number of rotatable bonds is 1. The number of carbonyl (C=O) groups is 1. The molecule has 0 saturated carbocycles. The third-order valence-electron chi connectivity index (χ3n) is 1.49. The van der Waals surface area contributed by atoms with E-state index in [2.05, 4.69) is 0 Å². The molecule has 5 nitrogen and oxygen atoms in total. The van der Waals surface area contributed by atoms with E-state index in [1.165, 1.54) is 6.92 Å². The second kappa shape index (κ2) is 2.77. The maximum absolute atomic E-state index is 10.5. The predicted octanol–water partition coefficient (Wildman–Crippen LogP) is -0.805. The minimum atomic E-state index is -1.58. The fourth-order valence-corrected chi connectivity index (χ4v) is 0.724. The average Bonchev–Trinajstić information content (AvgIpc) is 1.95. The molecule has 0 aromatic heterocycles. The molecule has 1 rings (SSSR count). The van der Waals surface area contributed by atoms with Gasteiger partial charge >= 0.3 is 5.97 Å². The van der Waals surface area contributed by atoms with Gasteiger partial charge in [0.1, 0.15) is 6.10 Å². The summed E-state index contributed by atoms with van der Waals surface area (Å²) in [6, 6.07) is 0. The van der Waals surface area contributed by atoms with E-state index in [9.17, 15) is 4.79 Å². The molecule has 1 saturated heterocycles. The van der Waals surface area contributed by atoms with E-state index < -0.39 is 17.9 Å². The summed E-state index contributed by atoms with van der Waals surface area (Å²) < 4.78 is 9.53. The molecular weight excluding hydrogens is 152 g/mol. The van der Waals surface area contributed by atoms with Gasteiger partial charge in [-0.15, -0.1) is 0 Å². The molecule has 1 aliphatic heterocycles. The molecule has 0 bridgehead atoms. The van der Waals surface area contributed by atoms with E-state index in [-0.39, 0.29) is 13.2 Å². The standard InChI is InChI=1S/C6H10O5/c1-6(5(8)9)10-2-4(7)3-11-6/h4,7H,2-3H2,1H3,(H,8,9).